The Hall–Kier alpha value is 0.350. The molecule has 0 spiro atoms. The van der Waals surface area contributed by atoms with Gasteiger partial charge in [-0.2, -0.15) is 0 Å². The van der Waals surface area contributed by atoms with E-state index in [1.165, 1.54) is 5.06 Å². The van der Waals surface area contributed by atoms with Crippen LogP contribution in [0.1, 0.15) is 28.6 Å². The minimum Gasteiger partial charge on any atom is -1.00 e. The standard InChI is InChI=1S/C9H19NO4.Na.H/c1-4-9(13)14-10(5-7(2)11)6-8(3)12;;/h7-8,11-12H,4-6H2,1-3H3;;/q;+1;-1. The maximum atomic E-state index is 11.0. The third-order valence-electron chi connectivity index (χ3n) is 1.46. The second kappa shape index (κ2) is 9.57. The molecule has 2 N–H and O–H groups in total. The van der Waals surface area contributed by atoms with Gasteiger partial charge in [0.25, 0.3) is 0 Å². The fraction of sp³-hybridized carbons (Fsp3) is 0.889. The Bertz CT molecular complexity index is 171. The SMILES string of the molecule is CCC(=O)ON(CC(C)O)CC(C)O.[H-].[Na+]. The van der Waals surface area contributed by atoms with Crippen LogP contribution in [0.4, 0.5) is 0 Å². The zero-order valence-electron chi connectivity index (χ0n) is 10.9. The van der Waals surface area contributed by atoms with Crippen molar-refractivity contribution in [3.05, 3.63) is 0 Å². The summed E-state index contributed by atoms with van der Waals surface area (Å²) in [6.45, 7) is 5.28. The van der Waals surface area contributed by atoms with Gasteiger partial charge in [0.05, 0.1) is 25.3 Å². The molecular formula is C9H20NNaO4. The predicted octanol–water partition coefficient (Wildman–Crippen LogP) is -2.97. The van der Waals surface area contributed by atoms with Gasteiger partial charge in [0, 0.05) is 6.42 Å². The Morgan fingerprint density at radius 2 is 1.73 bits per heavy atom. The summed E-state index contributed by atoms with van der Waals surface area (Å²) in [4.78, 5) is 15.9. The summed E-state index contributed by atoms with van der Waals surface area (Å²) in [5.74, 6) is -0.369. The molecule has 0 fully saturated rings. The van der Waals surface area contributed by atoms with Gasteiger partial charge in [0.15, 0.2) is 0 Å². The van der Waals surface area contributed by atoms with Crippen LogP contribution in [-0.2, 0) is 9.63 Å². The minimum absolute atomic E-state index is 0. The van der Waals surface area contributed by atoms with Crippen LogP contribution in [0.3, 0.4) is 0 Å². The molecule has 0 radical (unpaired) electrons. The third-order valence-corrected chi connectivity index (χ3v) is 1.46. The zero-order valence-corrected chi connectivity index (χ0v) is 11.9. The normalized spacial score (nSPS) is 14.3. The van der Waals surface area contributed by atoms with E-state index in [2.05, 4.69) is 0 Å². The van der Waals surface area contributed by atoms with Gasteiger partial charge < -0.3 is 16.5 Å². The van der Waals surface area contributed by atoms with Crippen LogP contribution in [0.5, 0.6) is 0 Å². The number of aliphatic hydroxyl groups excluding tert-OH is 2. The number of hydrogen-bond acceptors (Lipinski definition) is 5. The first kappa shape index (κ1) is 17.7. The van der Waals surface area contributed by atoms with Gasteiger partial charge in [-0.05, 0) is 13.8 Å². The zero-order chi connectivity index (χ0) is 11.1. The van der Waals surface area contributed by atoms with Gasteiger partial charge in [0.1, 0.15) is 0 Å². The van der Waals surface area contributed by atoms with Crippen molar-refractivity contribution in [3.63, 3.8) is 0 Å². The molecule has 0 saturated carbocycles. The van der Waals surface area contributed by atoms with E-state index in [1.54, 1.807) is 20.8 Å². The molecule has 2 unspecified atom stereocenters. The van der Waals surface area contributed by atoms with E-state index in [4.69, 9.17) is 15.1 Å². The Kier molecular flexibility index (Phi) is 11.3. The fourth-order valence-electron chi connectivity index (χ4n) is 0.947. The smallest absolute Gasteiger partial charge is 1.00 e. The summed E-state index contributed by atoms with van der Waals surface area (Å²) < 4.78 is 0. The van der Waals surface area contributed by atoms with Crippen LogP contribution in [0.25, 0.3) is 0 Å². The average molecular weight is 229 g/mol. The van der Waals surface area contributed by atoms with Crippen molar-refractivity contribution in [2.45, 2.75) is 39.4 Å². The minimum atomic E-state index is -0.599. The first-order valence-electron chi connectivity index (χ1n) is 4.77. The van der Waals surface area contributed by atoms with Crippen molar-refractivity contribution in [2.75, 3.05) is 13.1 Å². The van der Waals surface area contributed by atoms with Crippen molar-refractivity contribution in [3.8, 4) is 0 Å². The van der Waals surface area contributed by atoms with Crippen molar-refractivity contribution in [2.24, 2.45) is 0 Å². The van der Waals surface area contributed by atoms with E-state index in [1.807, 2.05) is 0 Å². The van der Waals surface area contributed by atoms with Crippen LogP contribution in [0, 0.1) is 0 Å². The van der Waals surface area contributed by atoms with Gasteiger partial charge in [0.2, 0.25) is 0 Å². The molecule has 6 heteroatoms. The maximum absolute atomic E-state index is 11.0. The number of rotatable bonds is 6. The average Bonchev–Trinajstić information content (AvgIpc) is 2.01. The van der Waals surface area contributed by atoms with Crippen LogP contribution in [0.2, 0.25) is 0 Å². The van der Waals surface area contributed by atoms with Crippen LogP contribution in [0.15, 0.2) is 0 Å². The molecule has 86 valence electrons. The largest absolute Gasteiger partial charge is 1.00 e. The van der Waals surface area contributed by atoms with Crippen LogP contribution < -0.4 is 29.6 Å². The first-order chi connectivity index (χ1) is 6.45. The molecule has 0 aromatic heterocycles. The summed E-state index contributed by atoms with van der Waals surface area (Å²) in [6.07, 6.45) is -0.923. The van der Waals surface area contributed by atoms with E-state index in [0.29, 0.717) is 0 Å². The van der Waals surface area contributed by atoms with Gasteiger partial charge in [-0.15, -0.1) is 5.06 Å². The van der Waals surface area contributed by atoms with Crippen molar-refractivity contribution < 1.29 is 50.8 Å². The molecule has 0 aliphatic rings. The molecule has 0 heterocycles. The van der Waals surface area contributed by atoms with E-state index < -0.39 is 12.2 Å². The second-order valence-electron chi connectivity index (χ2n) is 3.36. The summed E-state index contributed by atoms with van der Waals surface area (Å²) in [5, 5.41) is 19.5. The van der Waals surface area contributed by atoms with E-state index in [9.17, 15) is 4.79 Å². The Balaban J connectivity index is -0.000000845. The molecule has 0 saturated heterocycles. The van der Waals surface area contributed by atoms with E-state index >= 15 is 0 Å². The molecule has 0 aromatic rings. The van der Waals surface area contributed by atoms with Gasteiger partial charge in [-0.25, -0.2) is 0 Å². The van der Waals surface area contributed by atoms with Gasteiger partial charge >= 0.3 is 35.5 Å². The quantitative estimate of drug-likeness (QED) is 0.376. The molecule has 0 aliphatic heterocycles. The molecule has 0 amide bonds. The number of aliphatic hydroxyl groups is 2. The van der Waals surface area contributed by atoms with Crippen molar-refractivity contribution >= 4 is 5.97 Å². The number of nitrogens with zero attached hydrogens (tertiary/aromatic N) is 1. The van der Waals surface area contributed by atoms with Crippen LogP contribution in [-0.4, -0.2) is 46.5 Å². The maximum Gasteiger partial charge on any atom is 1.00 e. The second-order valence-corrected chi connectivity index (χ2v) is 3.36. The fourth-order valence-corrected chi connectivity index (χ4v) is 0.947. The van der Waals surface area contributed by atoms with E-state index in [0.717, 1.165) is 0 Å². The summed E-state index contributed by atoms with van der Waals surface area (Å²) in [5.41, 5.74) is 0. The molecule has 0 bridgehead atoms. The number of hydroxylamine groups is 2. The van der Waals surface area contributed by atoms with Crippen LogP contribution >= 0.6 is 0 Å². The first-order valence-corrected chi connectivity index (χ1v) is 4.77. The Morgan fingerprint density at radius 3 is 2.00 bits per heavy atom. The third kappa shape index (κ3) is 10.6. The summed E-state index contributed by atoms with van der Waals surface area (Å²) in [7, 11) is 0. The van der Waals surface area contributed by atoms with Gasteiger partial charge in [-0.3, -0.25) is 4.79 Å². The monoisotopic (exact) mass is 229 g/mol. The topological polar surface area (TPSA) is 70.0 Å². The molecule has 0 aromatic carbocycles. The molecule has 15 heavy (non-hydrogen) atoms. The van der Waals surface area contributed by atoms with Crippen molar-refractivity contribution in [1.82, 2.24) is 5.06 Å². The summed E-state index contributed by atoms with van der Waals surface area (Å²) in [6, 6.07) is 0. The Morgan fingerprint density at radius 1 is 1.33 bits per heavy atom. The predicted molar refractivity (Wildman–Crippen MR) is 52.4 cm³/mol. The Labute approximate surface area is 114 Å². The molecule has 0 aliphatic carbocycles. The number of hydrogen-bond donors (Lipinski definition) is 2. The number of carbonyl (C=O) groups is 1. The molecular weight excluding hydrogens is 209 g/mol. The molecule has 2 atom stereocenters. The van der Waals surface area contributed by atoms with E-state index in [-0.39, 0.29) is 56.5 Å². The number of carbonyl (C=O) groups excluding carboxylic acids is 1. The van der Waals surface area contributed by atoms with Crippen molar-refractivity contribution in [1.29, 1.82) is 0 Å². The van der Waals surface area contributed by atoms with Gasteiger partial charge in [-0.1, -0.05) is 6.92 Å². The molecule has 5 nitrogen and oxygen atoms in total. The molecule has 0 rings (SSSR count). The summed E-state index contributed by atoms with van der Waals surface area (Å²) >= 11 is 0.